The van der Waals surface area contributed by atoms with Crippen LogP contribution in [0.3, 0.4) is 0 Å². The lowest BCUT2D eigenvalue weighted by molar-refractivity contribution is -0.688. The Morgan fingerprint density at radius 2 is 0.549 bits per heavy atom. The van der Waals surface area contributed by atoms with E-state index in [1.54, 1.807) is 0 Å². The Balaban J connectivity index is 0.000000569. The van der Waals surface area contributed by atoms with Gasteiger partial charge in [0, 0.05) is 22.2 Å². The molecule has 1 nitrogen and oxygen atoms in total. The molecular formula is C44H23BBrF24N. The van der Waals surface area contributed by atoms with Gasteiger partial charge < -0.3 is 0 Å². The molecule has 0 aliphatic rings. The van der Waals surface area contributed by atoms with Crippen LogP contribution in [0.2, 0.25) is 0 Å². The Hall–Kier alpha value is -5.89. The van der Waals surface area contributed by atoms with Gasteiger partial charge in [0.25, 0.3) is 0 Å². The summed E-state index contributed by atoms with van der Waals surface area (Å²) in [4.78, 5) is 0. The van der Waals surface area contributed by atoms with Crippen molar-refractivity contribution < 1.29 is 110 Å². The molecule has 0 N–H and O–H groups in total. The number of hydrogen-bond acceptors (Lipinski definition) is 0. The third-order valence-electron chi connectivity index (χ3n) is 10.5. The molecule has 0 fully saturated rings. The lowest BCUT2D eigenvalue weighted by atomic mass is 9.12. The van der Waals surface area contributed by atoms with Gasteiger partial charge in [-0.1, -0.05) is 82.7 Å². The van der Waals surface area contributed by atoms with Crippen LogP contribution in [0.4, 0.5) is 105 Å². The molecule has 27 heteroatoms. The Morgan fingerprint density at radius 1 is 0.310 bits per heavy atom. The third kappa shape index (κ3) is 13.4. The highest BCUT2D eigenvalue weighted by Crippen LogP contribution is 2.41. The zero-order chi connectivity index (χ0) is 53.7. The lowest BCUT2D eigenvalue weighted by Gasteiger charge is -2.46. The molecule has 382 valence electrons. The number of halogens is 25. The number of alkyl halides is 24. The number of rotatable bonds is 6. The maximum absolute atomic E-state index is 14.2. The van der Waals surface area contributed by atoms with Gasteiger partial charge in [-0.15, -0.1) is 0 Å². The minimum Gasteiger partial charge on any atom is -0.201 e. The van der Waals surface area contributed by atoms with Crippen LogP contribution in [-0.4, -0.2) is 6.15 Å². The van der Waals surface area contributed by atoms with Crippen molar-refractivity contribution in [1.82, 2.24) is 0 Å². The largest absolute Gasteiger partial charge is 0.416 e. The molecule has 0 radical (unpaired) electrons. The molecule has 0 spiro atoms. The molecule has 0 aliphatic heterocycles. The van der Waals surface area contributed by atoms with Gasteiger partial charge in [0.2, 0.25) is 0 Å². The lowest BCUT2D eigenvalue weighted by Crippen LogP contribution is -2.75. The van der Waals surface area contributed by atoms with Crippen LogP contribution < -0.4 is 26.4 Å². The van der Waals surface area contributed by atoms with E-state index in [9.17, 15) is 105 Å². The van der Waals surface area contributed by atoms with Gasteiger partial charge in [0.05, 0.1) is 44.5 Å². The highest BCUT2D eigenvalue weighted by molar-refractivity contribution is 9.10. The van der Waals surface area contributed by atoms with Crippen molar-refractivity contribution in [2.24, 2.45) is 0 Å². The van der Waals surface area contributed by atoms with Crippen molar-refractivity contribution >= 4 is 43.9 Å². The molecule has 6 aromatic rings. The SMILES string of the molecule is Brc1cccc(C[n+]2ccccc2)c1.FC(F)(F)c1cc([B-](c2cc(C(F)(F)F)cc(C(F)(F)F)c2)(c2cc(C(F)(F)F)cc(C(F)(F)F)c2)c2cc(C(F)(F)F)cc(C(F)(F)F)c2)cc(C(F)(F)F)c1. The van der Waals surface area contributed by atoms with Crippen molar-refractivity contribution in [3.05, 3.63) is 182 Å². The molecule has 1 aromatic heterocycles. The minimum atomic E-state index is -6.13. The van der Waals surface area contributed by atoms with E-state index in [2.05, 4.69) is 51.1 Å². The number of hydrogen-bond donors (Lipinski definition) is 0. The highest BCUT2D eigenvalue weighted by atomic mass is 79.9. The first-order chi connectivity index (χ1) is 32.1. The summed E-state index contributed by atoms with van der Waals surface area (Å²) >= 11 is 3.47. The summed E-state index contributed by atoms with van der Waals surface area (Å²) in [5.74, 6) is 0. The predicted octanol–water partition coefficient (Wildman–Crippen LogP) is 14.0. The van der Waals surface area contributed by atoms with Crippen molar-refractivity contribution in [2.75, 3.05) is 0 Å². The Morgan fingerprint density at radius 3 is 0.761 bits per heavy atom. The molecular weight excluding hydrogens is 1090 g/mol. The molecule has 6 rings (SSSR count). The van der Waals surface area contributed by atoms with Crippen LogP contribution >= 0.6 is 15.9 Å². The summed E-state index contributed by atoms with van der Waals surface area (Å²) in [6.45, 7) is 0.917. The van der Waals surface area contributed by atoms with E-state index in [0.717, 1.165) is 11.0 Å². The van der Waals surface area contributed by atoms with E-state index in [4.69, 9.17) is 0 Å². The summed E-state index contributed by atoms with van der Waals surface area (Å²) in [6, 6.07) is 5.66. The Bertz CT molecular complexity index is 2410. The van der Waals surface area contributed by atoms with Gasteiger partial charge in [0.1, 0.15) is 6.15 Å². The van der Waals surface area contributed by atoms with E-state index < -0.39 is 195 Å². The summed E-state index contributed by atoms with van der Waals surface area (Å²) in [6.07, 6.45) is -50.7. The second-order valence-corrected chi connectivity index (χ2v) is 16.3. The van der Waals surface area contributed by atoms with Crippen LogP contribution in [0.1, 0.15) is 50.1 Å². The first-order valence-corrected chi connectivity index (χ1v) is 19.9. The standard InChI is InChI=1S/C32H12BF24.C12H11BrN/c34-25(35,36)13-1-14(26(37,38)39)6-21(5-13)33(22-7-15(27(40,41)42)2-16(8-22)28(43,44)45,23-9-17(29(46,47)48)3-18(10-23)30(49,50)51)24-11-19(31(52,53)54)4-20(12-24)32(55,56)57;13-12-6-4-5-11(9-12)10-14-7-2-1-3-8-14/h1-12H;1-9H,10H2/q-1;+1. The summed E-state index contributed by atoms with van der Waals surface area (Å²) in [5, 5.41) is 0. The number of nitrogens with zero attached hydrogens (tertiary/aromatic N) is 1. The molecule has 0 amide bonds. The van der Waals surface area contributed by atoms with Crippen molar-refractivity contribution in [3.8, 4) is 0 Å². The van der Waals surface area contributed by atoms with Crippen LogP contribution in [-0.2, 0) is 56.0 Å². The summed E-state index contributed by atoms with van der Waals surface area (Å²) in [5.41, 5.74) is -28.9. The molecule has 0 saturated carbocycles. The fourth-order valence-corrected chi connectivity index (χ4v) is 7.90. The predicted molar refractivity (Wildman–Crippen MR) is 210 cm³/mol. The van der Waals surface area contributed by atoms with Crippen LogP contribution in [0, 0.1) is 0 Å². The summed E-state index contributed by atoms with van der Waals surface area (Å²) in [7, 11) is 0. The van der Waals surface area contributed by atoms with E-state index in [-0.39, 0.29) is 0 Å². The summed E-state index contributed by atoms with van der Waals surface area (Å²) < 4.78 is 344. The topological polar surface area (TPSA) is 3.88 Å². The first kappa shape index (κ1) is 56.0. The average Bonchev–Trinajstić information content (AvgIpc) is 3.22. The van der Waals surface area contributed by atoms with Gasteiger partial charge in [-0.05, 0) is 36.4 Å². The van der Waals surface area contributed by atoms with E-state index in [1.807, 2.05) is 24.3 Å². The molecule has 0 aliphatic carbocycles. The highest BCUT2D eigenvalue weighted by Gasteiger charge is 2.47. The maximum atomic E-state index is 14.2. The van der Waals surface area contributed by atoms with Gasteiger partial charge >= 0.3 is 49.4 Å². The smallest absolute Gasteiger partial charge is 0.201 e. The zero-order valence-corrected chi connectivity index (χ0v) is 35.9. The van der Waals surface area contributed by atoms with Crippen LogP contribution in [0.5, 0.6) is 0 Å². The number of benzene rings is 5. The van der Waals surface area contributed by atoms with Crippen LogP contribution in [0.25, 0.3) is 0 Å². The molecule has 71 heavy (non-hydrogen) atoms. The van der Waals surface area contributed by atoms with Crippen molar-refractivity contribution in [3.63, 3.8) is 0 Å². The first-order valence-electron chi connectivity index (χ1n) is 19.1. The molecule has 1 heterocycles. The fourth-order valence-electron chi connectivity index (χ4n) is 7.46. The van der Waals surface area contributed by atoms with Gasteiger partial charge in [-0.3, -0.25) is 0 Å². The van der Waals surface area contributed by atoms with E-state index in [1.165, 1.54) is 5.56 Å². The Labute approximate surface area is 391 Å². The number of aromatic nitrogens is 1. The minimum absolute atomic E-state index is 0.691. The van der Waals surface area contributed by atoms with E-state index >= 15 is 0 Å². The van der Waals surface area contributed by atoms with Gasteiger partial charge in [0.15, 0.2) is 18.9 Å². The number of pyridine rings is 1. The Kier molecular flexibility index (Phi) is 15.2. The van der Waals surface area contributed by atoms with Crippen molar-refractivity contribution in [2.45, 2.75) is 56.0 Å². The molecule has 0 unspecified atom stereocenters. The monoisotopic (exact) mass is 1110 g/mol. The second kappa shape index (κ2) is 19.3. The molecule has 0 saturated heterocycles. The quantitative estimate of drug-likeness (QED) is 0.0889. The second-order valence-electron chi connectivity index (χ2n) is 15.4. The normalized spacial score (nSPS) is 13.5. The van der Waals surface area contributed by atoms with Crippen molar-refractivity contribution in [1.29, 1.82) is 0 Å². The fraction of sp³-hybridized carbons (Fsp3) is 0.205. The van der Waals surface area contributed by atoms with E-state index in [0.29, 0.717) is 0 Å². The zero-order valence-electron chi connectivity index (χ0n) is 34.3. The molecule has 0 atom stereocenters. The van der Waals surface area contributed by atoms with Gasteiger partial charge in [-0.2, -0.15) is 127 Å². The third-order valence-corrected chi connectivity index (χ3v) is 11.0. The average molecular weight is 1110 g/mol. The molecule has 5 aromatic carbocycles. The van der Waals surface area contributed by atoms with Crippen LogP contribution in [0.15, 0.2) is 132 Å². The maximum Gasteiger partial charge on any atom is 0.416 e. The molecule has 0 bridgehead atoms. The van der Waals surface area contributed by atoms with Gasteiger partial charge in [-0.25, -0.2) is 4.57 Å².